The Balaban J connectivity index is 1.64. The Bertz CT molecular complexity index is 1550. The third-order valence-corrected chi connectivity index (χ3v) is 8.56. The number of halogens is 4. The molecule has 11 heteroatoms. The second-order valence-corrected chi connectivity index (χ2v) is 13.9. The maximum absolute atomic E-state index is 13.8. The van der Waals surface area contributed by atoms with Gasteiger partial charge in [0.15, 0.2) is 0 Å². The Kier molecular flexibility index (Phi) is 9.56. The molecule has 0 saturated heterocycles. The minimum Gasteiger partial charge on any atom is -0.349 e. The lowest BCUT2D eigenvalue weighted by Gasteiger charge is -2.33. The Hall–Kier alpha value is -3.44. The predicted octanol–water partition coefficient (Wildman–Crippen LogP) is 6.82. The van der Waals surface area contributed by atoms with Crippen molar-refractivity contribution in [3.63, 3.8) is 0 Å². The molecule has 2 N–H and O–H groups in total. The van der Waals surface area contributed by atoms with Gasteiger partial charge in [0.1, 0.15) is 5.82 Å². The molecular weight excluding hydrogens is 582 g/mol. The van der Waals surface area contributed by atoms with Crippen molar-refractivity contribution in [2.24, 2.45) is 0 Å². The summed E-state index contributed by atoms with van der Waals surface area (Å²) in [6.45, 7) is 6.97. The number of fused-ring (bicyclic) bond motifs is 1. The standard InChI is InChI=1S/C32H37F4N3O3S/c1-31(2,3)37-20-21-11-16-27-23(17-21)7-5-10-28(27)38-30(40)19-29(22-12-14-25(33)15-13-22)39(43(4,41)42)26-9-6-8-24(18-26)32(34,35)36/h6,8-9,11-18,28-29,37H,5,7,10,19-20H2,1-4H3,(H,38,40). The van der Waals surface area contributed by atoms with E-state index in [9.17, 15) is 30.8 Å². The molecule has 1 aliphatic rings. The first-order valence-electron chi connectivity index (χ1n) is 14.1. The number of sulfonamides is 1. The van der Waals surface area contributed by atoms with E-state index in [2.05, 4.69) is 37.5 Å². The van der Waals surface area contributed by atoms with Crippen LogP contribution >= 0.6 is 0 Å². The molecule has 0 bridgehead atoms. The number of nitrogens with one attached hydrogen (secondary N) is 2. The summed E-state index contributed by atoms with van der Waals surface area (Å²) >= 11 is 0. The Labute approximate surface area is 250 Å². The van der Waals surface area contributed by atoms with Crippen LogP contribution in [0.2, 0.25) is 0 Å². The van der Waals surface area contributed by atoms with Crippen LogP contribution in [0.25, 0.3) is 0 Å². The molecule has 2 unspecified atom stereocenters. The highest BCUT2D eigenvalue weighted by atomic mass is 32.2. The van der Waals surface area contributed by atoms with E-state index in [1.807, 2.05) is 12.1 Å². The minimum atomic E-state index is -4.71. The highest BCUT2D eigenvalue weighted by molar-refractivity contribution is 7.92. The Morgan fingerprint density at radius 3 is 2.35 bits per heavy atom. The average Bonchev–Trinajstić information content (AvgIpc) is 2.90. The molecule has 1 aliphatic carbocycles. The number of alkyl halides is 3. The van der Waals surface area contributed by atoms with Crippen molar-refractivity contribution in [3.05, 3.63) is 100 Å². The number of anilines is 1. The van der Waals surface area contributed by atoms with Gasteiger partial charge < -0.3 is 10.6 Å². The van der Waals surface area contributed by atoms with Crippen molar-refractivity contribution < 1.29 is 30.8 Å². The molecule has 2 atom stereocenters. The van der Waals surface area contributed by atoms with Gasteiger partial charge in [-0.25, -0.2) is 12.8 Å². The van der Waals surface area contributed by atoms with Gasteiger partial charge in [-0.1, -0.05) is 36.4 Å². The van der Waals surface area contributed by atoms with Gasteiger partial charge in [0.05, 0.1) is 36.0 Å². The van der Waals surface area contributed by atoms with Crippen LogP contribution in [0.3, 0.4) is 0 Å². The van der Waals surface area contributed by atoms with E-state index in [-0.39, 0.29) is 22.8 Å². The first-order valence-corrected chi connectivity index (χ1v) is 15.9. The first kappa shape index (κ1) is 32.5. The molecule has 232 valence electrons. The minimum absolute atomic E-state index is 0.0403. The number of aryl methyl sites for hydroxylation is 1. The van der Waals surface area contributed by atoms with Crippen LogP contribution < -0.4 is 14.9 Å². The van der Waals surface area contributed by atoms with E-state index in [4.69, 9.17) is 0 Å². The third kappa shape index (κ3) is 8.57. The smallest absolute Gasteiger partial charge is 0.349 e. The zero-order valence-electron chi connectivity index (χ0n) is 24.6. The van der Waals surface area contributed by atoms with Crippen LogP contribution in [-0.4, -0.2) is 26.1 Å². The second-order valence-electron chi connectivity index (χ2n) is 12.0. The van der Waals surface area contributed by atoms with E-state index in [0.29, 0.717) is 13.0 Å². The van der Waals surface area contributed by atoms with Gasteiger partial charge in [0.25, 0.3) is 0 Å². The molecule has 4 rings (SSSR count). The largest absolute Gasteiger partial charge is 0.416 e. The molecule has 0 aliphatic heterocycles. The maximum Gasteiger partial charge on any atom is 0.416 e. The fraction of sp³-hybridized carbons (Fsp3) is 0.406. The summed E-state index contributed by atoms with van der Waals surface area (Å²) in [5, 5.41) is 6.49. The van der Waals surface area contributed by atoms with E-state index in [0.717, 1.165) is 70.4 Å². The number of rotatable bonds is 9. The van der Waals surface area contributed by atoms with E-state index >= 15 is 0 Å². The van der Waals surface area contributed by atoms with Crippen LogP contribution in [0.4, 0.5) is 23.2 Å². The van der Waals surface area contributed by atoms with Gasteiger partial charge in [0.2, 0.25) is 15.9 Å². The van der Waals surface area contributed by atoms with Crippen LogP contribution in [0.1, 0.15) is 79.9 Å². The molecule has 0 fully saturated rings. The van der Waals surface area contributed by atoms with Gasteiger partial charge in [-0.05, 0) is 92.6 Å². The van der Waals surface area contributed by atoms with Gasteiger partial charge in [-0.15, -0.1) is 0 Å². The van der Waals surface area contributed by atoms with Crippen molar-refractivity contribution in [1.82, 2.24) is 10.6 Å². The highest BCUT2D eigenvalue weighted by Gasteiger charge is 2.35. The fourth-order valence-electron chi connectivity index (χ4n) is 5.37. The Morgan fingerprint density at radius 1 is 1.02 bits per heavy atom. The Morgan fingerprint density at radius 2 is 1.72 bits per heavy atom. The predicted molar refractivity (Wildman–Crippen MR) is 159 cm³/mol. The zero-order valence-corrected chi connectivity index (χ0v) is 25.4. The normalized spacial score (nSPS) is 16.3. The fourth-order valence-corrected chi connectivity index (χ4v) is 6.52. The summed E-state index contributed by atoms with van der Waals surface area (Å²) in [5.74, 6) is -1.06. The van der Waals surface area contributed by atoms with Crippen LogP contribution in [0.15, 0.2) is 66.7 Å². The van der Waals surface area contributed by atoms with Crippen molar-refractivity contribution in [2.45, 2.75) is 76.8 Å². The molecule has 6 nitrogen and oxygen atoms in total. The molecule has 3 aromatic rings. The SMILES string of the molecule is CC(C)(C)NCc1ccc2c(c1)CCCC2NC(=O)CC(c1ccc(F)cc1)N(c1cccc(C(F)(F)F)c1)S(C)(=O)=O. The summed E-state index contributed by atoms with van der Waals surface area (Å²) in [6.07, 6.45) is -1.85. The summed E-state index contributed by atoms with van der Waals surface area (Å²) in [5.41, 5.74) is 2.18. The molecule has 3 aromatic carbocycles. The number of amides is 1. The van der Waals surface area contributed by atoms with Gasteiger partial charge in [0, 0.05) is 12.1 Å². The molecular formula is C32H37F4N3O3S. The molecule has 0 aromatic heterocycles. The zero-order chi connectivity index (χ0) is 31.6. The second kappa shape index (κ2) is 12.7. The van der Waals surface area contributed by atoms with Crippen molar-refractivity contribution in [1.29, 1.82) is 0 Å². The average molecular weight is 620 g/mol. The van der Waals surface area contributed by atoms with Crippen LogP contribution in [0, 0.1) is 5.82 Å². The summed E-state index contributed by atoms with van der Waals surface area (Å²) < 4.78 is 81.4. The number of benzene rings is 3. The van der Waals surface area contributed by atoms with Crippen molar-refractivity contribution in [2.75, 3.05) is 10.6 Å². The molecule has 0 heterocycles. The molecule has 0 radical (unpaired) electrons. The summed E-state index contributed by atoms with van der Waals surface area (Å²) in [4.78, 5) is 13.5. The number of nitrogens with zero attached hydrogens (tertiary/aromatic N) is 1. The number of hydrogen-bond acceptors (Lipinski definition) is 4. The quantitative estimate of drug-likeness (QED) is 0.258. The van der Waals surface area contributed by atoms with Gasteiger partial charge >= 0.3 is 6.18 Å². The number of carbonyl (C=O) groups excluding carboxylic acids is 1. The first-order chi connectivity index (χ1) is 20.0. The van der Waals surface area contributed by atoms with Gasteiger partial charge in [-0.2, -0.15) is 13.2 Å². The van der Waals surface area contributed by atoms with E-state index in [1.54, 1.807) is 0 Å². The van der Waals surface area contributed by atoms with Crippen LogP contribution in [0.5, 0.6) is 0 Å². The number of carbonyl (C=O) groups is 1. The molecule has 43 heavy (non-hydrogen) atoms. The topological polar surface area (TPSA) is 78.5 Å². The van der Waals surface area contributed by atoms with E-state index < -0.39 is 46.0 Å². The number of hydrogen-bond donors (Lipinski definition) is 2. The lowest BCUT2D eigenvalue weighted by Crippen LogP contribution is -2.39. The van der Waals surface area contributed by atoms with Crippen molar-refractivity contribution in [3.8, 4) is 0 Å². The van der Waals surface area contributed by atoms with Gasteiger partial charge in [-0.3, -0.25) is 9.10 Å². The molecule has 0 saturated carbocycles. The molecule has 1 amide bonds. The summed E-state index contributed by atoms with van der Waals surface area (Å²) in [7, 11) is -4.20. The van der Waals surface area contributed by atoms with Crippen molar-refractivity contribution >= 4 is 21.6 Å². The van der Waals surface area contributed by atoms with Crippen LogP contribution in [-0.2, 0) is 34.0 Å². The lowest BCUT2D eigenvalue weighted by atomic mass is 9.86. The molecule has 0 spiro atoms. The monoisotopic (exact) mass is 619 g/mol. The maximum atomic E-state index is 13.8. The lowest BCUT2D eigenvalue weighted by molar-refractivity contribution is -0.137. The summed E-state index contributed by atoms with van der Waals surface area (Å²) in [6, 6.07) is 13.5. The van der Waals surface area contributed by atoms with E-state index in [1.165, 1.54) is 18.2 Å². The third-order valence-electron chi connectivity index (χ3n) is 7.38. The highest BCUT2D eigenvalue weighted by Crippen LogP contribution is 2.37.